The van der Waals surface area contributed by atoms with Crippen molar-refractivity contribution in [1.29, 1.82) is 0 Å². The topological polar surface area (TPSA) is 12.0 Å². The summed E-state index contributed by atoms with van der Waals surface area (Å²) in [6, 6.07) is 0.797. The van der Waals surface area contributed by atoms with Crippen molar-refractivity contribution in [1.82, 2.24) is 5.32 Å². The van der Waals surface area contributed by atoms with E-state index in [0.717, 1.165) is 24.9 Å². The molecule has 0 amide bonds. The Bertz CT molecular complexity index is 180. The Hall–Kier alpha value is -0.480. The smallest absolute Gasteiger partial charge is 0.00865 e. The van der Waals surface area contributed by atoms with Gasteiger partial charge in [0.05, 0.1) is 0 Å². The van der Waals surface area contributed by atoms with Crippen molar-refractivity contribution in [3.05, 3.63) is 0 Å². The summed E-state index contributed by atoms with van der Waals surface area (Å²) in [5, 5.41) is 3.64. The van der Waals surface area contributed by atoms with Gasteiger partial charge >= 0.3 is 0 Å². The molecule has 1 fully saturated rings. The Kier molecular flexibility index (Phi) is 5.71. The molecule has 1 rings (SSSR count). The van der Waals surface area contributed by atoms with Gasteiger partial charge in [0.25, 0.3) is 0 Å². The van der Waals surface area contributed by atoms with Gasteiger partial charge in [-0.15, -0.1) is 12.3 Å². The number of terminal acetylenes is 1. The van der Waals surface area contributed by atoms with E-state index in [2.05, 4.69) is 18.2 Å². The van der Waals surface area contributed by atoms with E-state index in [4.69, 9.17) is 6.42 Å². The summed E-state index contributed by atoms with van der Waals surface area (Å²) in [4.78, 5) is 0. The Balaban J connectivity index is 1.95. The van der Waals surface area contributed by atoms with Crippen molar-refractivity contribution in [2.75, 3.05) is 6.54 Å². The number of unbranched alkanes of at least 4 members (excludes halogenated alkanes) is 2. The third kappa shape index (κ3) is 4.15. The molecule has 1 aliphatic rings. The first-order valence-corrected chi connectivity index (χ1v) is 6.03. The van der Waals surface area contributed by atoms with Gasteiger partial charge < -0.3 is 5.32 Å². The van der Waals surface area contributed by atoms with E-state index >= 15 is 0 Å². The average molecular weight is 193 g/mol. The first kappa shape index (κ1) is 11.6. The molecule has 0 aliphatic heterocycles. The highest BCUT2D eigenvalue weighted by molar-refractivity contribution is 4.83. The number of nitrogens with one attached hydrogen (secondary N) is 1. The van der Waals surface area contributed by atoms with Crippen LogP contribution in [0.15, 0.2) is 0 Å². The van der Waals surface area contributed by atoms with Crippen molar-refractivity contribution in [2.24, 2.45) is 5.92 Å². The zero-order chi connectivity index (χ0) is 10.2. The highest BCUT2D eigenvalue weighted by Crippen LogP contribution is 2.27. The van der Waals surface area contributed by atoms with E-state index in [1.807, 2.05) is 0 Å². The second kappa shape index (κ2) is 6.90. The Morgan fingerprint density at radius 1 is 1.36 bits per heavy atom. The van der Waals surface area contributed by atoms with Gasteiger partial charge in [0.15, 0.2) is 0 Å². The predicted molar refractivity (Wildman–Crippen MR) is 62.1 cm³/mol. The van der Waals surface area contributed by atoms with Crippen LogP contribution in [0.1, 0.15) is 51.9 Å². The molecule has 0 aromatic carbocycles. The van der Waals surface area contributed by atoms with Gasteiger partial charge in [0.1, 0.15) is 0 Å². The second-order valence-electron chi connectivity index (χ2n) is 4.40. The first-order chi connectivity index (χ1) is 6.86. The lowest BCUT2D eigenvalue weighted by Crippen LogP contribution is -2.27. The van der Waals surface area contributed by atoms with Crippen LogP contribution in [0.2, 0.25) is 0 Å². The molecule has 2 atom stereocenters. The van der Waals surface area contributed by atoms with Crippen molar-refractivity contribution >= 4 is 0 Å². The largest absolute Gasteiger partial charge is 0.314 e. The molecular weight excluding hydrogens is 170 g/mol. The van der Waals surface area contributed by atoms with Crippen LogP contribution in [-0.4, -0.2) is 12.6 Å². The Morgan fingerprint density at radius 3 is 2.86 bits per heavy atom. The summed E-state index contributed by atoms with van der Waals surface area (Å²) < 4.78 is 0. The molecule has 1 aliphatic carbocycles. The molecule has 1 nitrogen and oxygen atoms in total. The summed E-state index contributed by atoms with van der Waals surface area (Å²) in [6.07, 6.45) is 14.1. The van der Waals surface area contributed by atoms with Crippen LogP contribution in [0.25, 0.3) is 0 Å². The fourth-order valence-corrected chi connectivity index (χ4v) is 2.29. The maximum Gasteiger partial charge on any atom is 0.00865 e. The molecular formula is C13H23N. The lowest BCUT2D eigenvalue weighted by molar-refractivity contribution is 0.471. The van der Waals surface area contributed by atoms with Crippen LogP contribution in [0.4, 0.5) is 0 Å². The van der Waals surface area contributed by atoms with Crippen LogP contribution in [0, 0.1) is 18.3 Å². The van der Waals surface area contributed by atoms with Crippen LogP contribution >= 0.6 is 0 Å². The van der Waals surface area contributed by atoms with Crippen molar-refractivity contribution in [2.45, 2.75) is 57.9 Å². The van der Waals surface area contributed by atoms with Gasteiger partial charge in [-0.1, -0.05) is 13.3 Å². The van der Waals surface area contributed by atoms with Crippen LogP contribution in [-0.2, 0) is 0 Å². The average Bonchev–Trinajstić information content (AvgIpc) is 2.65. The highest BCUT2D eigenvalue weighted by atomic mass is 14.9. The van der Waals surface area contributed by atoms with Gasteiger partial charge in [0, 0.05) is 12.5 Å². The van der Waals surface area contributed by atoms with E-state index in [9.17, 15) is 0 Å². The molecule has 14 heavy (non-hydrogen) atoms. The fraction of sp³-hybridized carbons (Fsp3) is 0.846. The standard InChI is InChI=1S/C13H23N/c1-3-5-6-7-10-14-13-9-8-12(4-2)11-13/h1,12-14H,4-11H2,2H3. The maximum absolute atomic E-state index is 5.20. The van der Waals surface area contributed by atoms with E-state index in [1.54, 1.807) is 0 Å². The number of hydrogen-bond donors (Lipinski definition) is 1. The molecule has 1 saturated carbocycles. The lowest BCUT2D eigenvalue weighted by atomic mass is 10.1. The molecule has 0 aromatic heterocycles. The van der Waals surface area contributed by atoms with Crippen molar-refractivity contribution in [3.8, 4) is 12.3 Å². The summed E-state index contributed by atoms with van der Waals surface area (Å²) in [5.74, 6) is 3.67. The number of rotatable bonds is 6. The third-order valence-corrected chi connectivity index (χ3v) is 3.30. The second-order valence-corrected chi connectivity index (χ2v) is 4.40. The maximum atomic E-state index is 5.20. The SMILES string of the molecule is C#CCCCCNC1CCC(CC)C1. The Morgan fingerprint density at radius 2 is 2.21 bits per heavy atom. The molecule has 0 aromatic rings. The van der Waals surface area contributed by atoms with Gasteiger partial charge in [-0.25, -0.2) is 0 Å². The summed E-state index contributed by atoms with van der Waals surface area (Å²) >= 11 is 0. The zero-order valence-electron chi connectivity index (χ0n) is 9.39. The number of hydrogen-bond acceptors (Lipinski definition) is 1. The van der Waals surface area contributed by atoms with Gasteiger partial charge in [-0.3, -0.25) is 0 Å². The van der Waals surface area contributed by atoms with E-state index in [0.29, 0.717) is 0 Å². The quantitative estimate of drug-likeness (QED) is 0.505. The fourth-order valence-electron chi connectivity index (χ4n) is 2.29. The highest BCUT2D eigenvalue weighted by Gasteiger charge is 2.22. The van der Waals surface area contributed by atoms with Crippen LogP contribution in [0.5, 0.6) is 0 Å². The van der Waals surface area contributed by atoms with Crippen molar-refractivity contribution < 1.29 is 0 Å². The molecule has 0 bridgehead atoms. The van der Waals surface area contributed by atoms with Gasteiger partial charge in [-0.2, -0.15) is 0 Å². The molecule has 0 spiro atoms. The van der Waals surface area contributed by atoms with Crippen LogP contribution < -0.4 is 5.32 Å². The van der Waals surface area contributed by atoms with Crippen LogP contribution in [0.3, 0.4) is 0 Å². The monoisotopic (exact) mass is 193 g/mol. The minimum absolute atomic E-state index is 0.797. The third-order valence-electron chi connectivity index (χ3n) is 3.30. The molecule has 1 N–H and O–H groups in total. The Labute approximate surface area is 88.7 Å². The predicted octanol–water partition coefficient (Wildman–Crippen LogP) is 2.96. The minimum Gasteiger partial charge on any atom is -0.314 e. The molecule has 80 valence electrons. The summed E-state index contributed by atoms with van der Waals surface area (Å²) in [5.41, 5.74) is 0. The van der Waals surface area contributed by atoms with Crippen molar-refractivity contribution in [3.63, 3.8) is 0 Å². The van der Waals surface area contributed by atoms with E-state index in [-0.39, 0.29) is 0 Å². The molecule has 0 saturated heterocycles. The van der Waals surface area contributed by atoms with E-state index in [1.165, 1.54) is 38.5 Å². The lowest BCUT2D eigenvalue weighted by Gasteiger charge is -2.12. The van der Waals surface area contributed by atoms with Gasteiger partial charge in [-0.05, 0) is 44.6 Å². The summed E-state index contributed by atoms with van der Waals surface area (Å²) in [7, 11) is 0. The normalized spacial score (nSPS) is 26.3. The summed E-state index contributed by atoms with van der Waals surface area (Å²) in [6.45, 7) is 3.46. The first-order valence-electron chi connectivity index (χ1n) is 6.03. The molecule has 2 unspecified atom stereocenters. The molecule has 0 heterocycles. The molecule has 1 heteroatoms. The zero-order valence-corrected chi connectivity index (χ0v) is 9.39. The molecule has 0 radical (unpaired) electrons. The van der Waals surface area contributed by atoms with E-state index < -0.39 is 0 Å². The van der Waals surface area contributed by atoms with Gasteiger partial charge in [0.2, 0.25) is 0 Å². The minimum atomic E-state index is 0.797.